The number of benzene rings is 1. The molecular weight excluding hydrogens is 367 g/mol. The van der Waals surface area contributed by atoms with Crippen molar-refractivity contribution < 1.29 is 19.2 Å². The van der Waals surface area contributed by atoms with E-state index in [1.54, 1.807) is 30.5 Å². The molecule has 0 amide bonds. The molecule has 1 aromatic carbocycles. The molecule has 3 aromatic rings. The molecule has 25 heavy (non-hydrogen) atoms. The zero-order chi connectivity index (χ0) is 18.0. The molecule has 8 heteroatoms. The maximum absolute atomic E-state index is 10.7. The lowest BCUT2D eigenvalue weighted by Gasteiger charge is -2.15. The smallest absolute Gasteiger partial charge is 0.303 e. The van der Waals surface area contributed by atoms with Gasteiger partial charge in [-0.2, -0.15) is 0 Å². The van der Waals surface area contributed by atoms with Crippen LogP contribution in [0.25, 0.3) is 11.0 Å². The Labute approximate surface area is 153 Å². The third-order valence-corrected chi connectivity index (χ3v) is 4.16. The number of rotatable bonds is 6. The van der Waals surface area contributed by atoms with E-state index in [9.17, 15) is 4.79 Å². The highest BCUT2D eigenvalue weighted by Gasteiger charge is 2.16. The number of ether oxygens (including phenoxy) is 1. The highest BCUT2D eigenvalue weighted by Crippen LogP contribution is 2.34. The molecule has 0 fully saturated rings. The zero-order valence-electron chi connectivity index (χ0n) is 13.2. The standard InChI is InChI=1S/C17H14Cl2N2O4/c1-9(13-3-2-10(18)8-20-13)24-16-7-15-11(6-12(16)19)14(21-25-15)4-5-17(22)23/h2-3,6-9H,4-5H2,1H3,(H,22,23). The number of carboxylic acids is 1. The first-order valence-corrected chi connectivity index (χ1v) is 8.27. The van der Waals surface area contributed by atoms with Crippen molar-refractivity contribution in [2.45, 2.75) is 25.9 Å². The Balaban J connectivity index is 1.83. The first-order valence-electron chi connectivity index (χ1n) is 7.51. The van der Waals surface area contributed by atoms with Gasteiger partial charge in [0.05, 0.1) is 27.9 Å². The van der Waals surface area contributed by atoms with Gasteiger partial charge in [-0.3, -0.25) is 9.78 Å². The fourth-order valence-corrected chi connectivity index (χ4v) is 2.68. The number of fused-ring (bicyclic) bond motifs is 1. The van der Waals surface area contributed by atoms with Gasteiger partial charge < -0.3 is 14.4 Å². The van der Waals surface area contributed by atoms with Crippen molar-refractivity contribution in [1.82, 2.24) is 10.1 Å². The largest absolute Gasteiger partial charge is 0.483 e. The molecule has 0 aliphatic heterocycles. The maximum Gasteiger partial charge on any atom is 0.303 e. The topological polar surface area (TPSA) is 85.5 Å². The van der Waals surface area contributed by atoms with E-state index in [1.165, 1.54) is 0 Å². The van der Waals surface area contributed by atoms with E-state index >= 15 is 0 Å². The molecule has 0 saturated heterocycles. The van der Waals surface area contributed by atoms with Crippen molar-refractivity contribution in [2.24, 2.45) is 0 Å². The molecular formula is C17H14Cl2N2O4. The van der Waals surface area contributed by atoms with Gasteiger partial charge in [-0.05, 0) is 25.1 Å². The van der Waals surface area contributed by atoms with Gasteiger partial charge in [-0.15, -0.1) is 0 Å². The van der Waals surface area contributed by atoms with Crippen LogP contribution < -0.4 is 4.74 Å². The minimum atomic E-state index is -0.897. The third-order valence-electron chi connectivity index (χ3n) is 3.65. The van der Waals surface area contributed by atoms with Gasteiger partial charge >= 0.3 is 5.97 Å². The second-order valence-electron chi connectivity index (χ2n) is 5.46. The summed E-state index contributed by atoms with van der Waals surface area (Å²) in [5, 5.41) is 14.3. The van der Waals surface area contributed by atoms with Gasteiger partial charge in [0, 0.05) is 24.1 Å². The second-order valence-corrected chi connectivity index (χ2v) is 6.31. The molecule has 0 aliphatic rings. The number of aliphatic carboxylic acids is 1. The molecule has 2 heterocycles. The summed E-state index contributed by atoms with van der Waals surface area (Å²) in [4.78, 5) is 14.9. The number of nitrogens with zero attached hydrogens (tertiary/aromatic N) is 2. The number of pyridine rings is 1. The summed E-state index contributed by atoms with van der Waals surface area (Å²) in [6, 6.07) is 6.82. The first kappa shape index (κ1) is 17.5. The summed E-state index contributed by atoms with van der Waals surface area (Å²) < 4.78 is 11.1. The summed E-state index contributed by atoms with van der Waals surface area (Å²) in [5.74, 6) is -0.467. The fraction of sp³-hybridized carbons (Fsp3) is 0.235. The van der Waals surface area contributed by atoms with E-state index in [1.807, 2.05) is 6.92 Å². The Kier molecular flexibility index (Phi) is 5.11. The van der Waals surface area contributed by atoms with Crippen LogP contribution in [0.15, 0.2) is 35.0 Å². The first-order chi connectivity index (χ1) is 11.9. The van der Waals surface area contributed by atoms with Gasteiger partial charge in [-0.1, -0.05) is 28.4 Å². The van der Waals surface area contributed by atoms with Gasteiger partial charge in [0.2, 0.25) is 0 Å². The van der Waals surface area contributed by atoms with Crippen LogP contribution >= 0.6 is 23.2 Å². The van der Waals surface area contributed by atoms with Crippen molar-refractivity contribution in [3.63, 3.8) is 0 Å². The Bertz CT molecular complexity index is 909. The highest BCUT2D eigenvalue weighted by atomic mass is 35.5. The molecule has 1 atom stereocenters. The van der Waals surface area contributed by atoms with Crippen LogP contribution in [-0.2, 0) is 11.2 Å². The number of hydrogen-bond donors (Lipinski definition) is 1. The highest BCUT2D eigenvalue weighted by molar-refractivity contribution is 6.32. The summed E-state index contributed by atoms with van der Waals surface area (Å²) >= 11 is 12.1. The molecule has 1 N–H and O–H groups in total. The van der Waals surface area contributed by atoms with E-state index in [-0.39, 0.29) is 18.9 Å². The number of aryl methyl sites for hydroxylation is 1. The molecule has 0 saturated carbocycles. The van der Waals surface area contributed by atoms with Crippen molar-refractivity contribution in [3.8, 4) is 5.75 Å². The second kappa shape index (κ2) is 7.29. The Morgan fingerprint density at radius 2 is 2.16 bits per heavy atom. The summed E-state index contributed by atoms with van der Waals surface area (Å²) in [6.07, 6.45) is 1.44. The van der Waals surface area contributed by atoms with Crippen molar-refractivity contribution in [1.29, 1.82) is 0 Å². The molecule has 2 aromatic heterocycles. The van der Waals surface area contributed by atoms with Crippen molar-refractivity contribution >= 4 is 40.1 Å². The van der Waals surface area contributed by atoms with Crippen LogP contribution in [0, 0.1) is 0 Å². The number of carbonyl (C=O) groups is 1. The normalized spacial score (nSPS) is 12.3. The molecule has 1 unspecified atom stereocenters. The van der Waals surface area contributed by atoms with E-state index in [4.69, 9.17) is 37.6 Å². The lowest BCUT2D eigenvalue weighted by molar-refractivity contribution is -0.136. The quantitative estimate of drug-likeness (QED) is 0.667. The summed E-state index contributed by atoms with van der Waals surface area (Å²) in [7, 11) is 0. The van der Waals surface area contributed by atoms with Crippen LogP contribution in [0.3, 0.4) is 0 Å². The minimum Gasteiger partial charge on any atom is -0.483 e. The van der Waals surface area contributed by atoms with E-state index in [0.717, 1.165) is 0 Å². The molecule has 0 radical (unpaired) electrons. The lowest BCUT2D eigenvalue weighted by Crippen LogP contribution is -2.05. The molecule has 0 bridgehead atoms. The predicted octanol–water partition coefficient (Wildman–Crippen LogP) is 4.69. The summed E-state index contributed by atoms with van der Waals surface area (Å²) in [5.41, 5.74) is 1.75. The average molecular weight is 381 g/mol. The average Bonchev–Trinajstić information content (AvgIpc) is 2.95. The van der Waals surface area contributed by atoms with Gasteiger partial charge in [0.1, 0.15) is 11.9 Å². The zero-order valence-corrected chi connectivity index (χ0v) is 14.7. The van der Waals surface area contributed by atoms with Crippen LogP contribution in [0.5, 0.6) is 5.75 Å². The van der Waals surface area contributed by atoms with E-state index in [2.05, 4.69) is 10.1 Å². The minimum absolute atomic E-state index is 0.0310. The summed E-state index contributed by atoms with van der Waals surface area (Å²) in [6.45, 7) is 1.84. The molecule has 6 nitrogen and oxygen atoms in total. The molecule has 130 valence electrons. The Hall–Kier alpha value is -2.31. The third kappa shape index (κ3) is 4.03. The molecule has 0 aliphatic carbocycles. The van der Waals surface area contributed by atoms with Crippen LogP contribution in [-0.4, -0.2) is 21.2 Å². The van der Waals surface area contributed by atoms with Gasteiger partial charge in [0.15, 0.2) is 5.58 Å². The molecule has 3 rings (SSSR count). The van der Waals surface area contributed by atoms with Crippen LogP contribution in [0.2, 0.25) is 10.0 Å². The fourth-order valence-electron chi connectivity index (χ4n) is 2.36. The van der Waals surface area contributed by atoms with Crippen molar-refractivity contribution in [3.05, 3.63) is 51.9 Å². The number of aromatic nitrogens is 2. The monoisotopic (exact) mass is 380 g/mol. The van der Waals surface area contributed by atoms with Gasteiger partial charge in [0.25, 0.3) is 0 Å². The van der Waals surface area contributed by atoms with Crippen molar-refractivity contribution in [2.75, 3.05) is 0 Å². The Morgan fingerprint density at radius 1 is 1.36 bits per heavy atom. The number of carboxylic acid groups (broad SMARTS) is 1. The van der Waals surface area contributed by atoms with E-state index in [0.29, 0.717) is 38.2 Å². The van der Waals surface area contributed by atoms with Gasteiger partial charge in [-0.25, -0.2) is 0 Å². The Morgan fingerprint density at radius 3 is 2.84 bits per heavy atom. The maximum atomic E-state index is 10.7. The molecule has 0 spiro atoms. The predicted molar refractivity (Wildman–Crippen MR) is 93.3 cm³/mol. The lowest BCUT2D eigenvalue weighted by atomic mass is 10.1. The SMILES string of the molecule is CC(Oc1cc2onc(CCC(=O)O)c2cc1Cl)c1ccc(Cl)cn1. The van der Waals surface area contributed by atoms with Crippen LogP contribution in [0.1, 0.15) is 30.8 Å². The number of halogens is 2. The van der Waals surface area contributed by atoms with Crippen LogP contribution in [0.4, 0.5) is 0 Å². The number of hydrogen-bond acceptors (Lipinski definition) is 5. The van der Waals surface area contributed by atoms with E-state index < -0.39 is 5.97 Å².